The number of hydrogen-bond acceptors (Lipinski definition) is 7. The monoisotopic (exact) mass is 551 g/mol. The van der Waals surface area contributed by atoms with Gasteiger partial charge in [0, 0.05) is 18.9 Å². The number of esters is 1. The zero-order valence-corrected chi connectivity index (χ0v) is 21.9. The minimum absolute atomic E-state index is 0.00534. The predicted molar refractivity (Wildman–Crippen MR) is 139 cm³/mol. The minimum atomic E-state index is -4.07. The first-order chi connectivity index (χ1) is 18.8. The van der Waals surface area contributed by atoms with Crippen LogP contribution in [0.4, 0.5) is 4.39 Å². The number of hydrogen-bond donors (Lipinski definition) is 0. The lowest BCUT2D eigenvalue weighted by Gasteiger charge is -2.34. The highest BCUT2D eigenvalue weighted by molar-refractivity contribution is 7.89. The smallest absolute Gasteiger partial charge is 0.328 e. The molecular weight excluding hydrogens is 525 g/mol. The molecule has 0 bridgehead atoms. The van der Waals surface area contributed by atoms with Gasteiger partial charge in [-0.1, -0.05) is 6.07 Å². The van der Waals surface area contributed by atoms with E-state index >= 15 is 0 Å². The number of rotatable bonds is 9. The largest absolute Gasteiger partial charge is 0.492 e. The van der Waals surface area contributed by atoms with Gasteiger partial charge in [-0.05, 0) is 78.2 Å². The summed E-state index contributed by atoms with van der Waals surface area (Å²) in [5, 5.41) is 0. The third kappa shape index (κ3) is 5.79. The topological polar surface area (TPSA) is 100.0 Å². The van der Waals surface area contributed by atoms with Crippen LogP contribution in [-0.4, -0.2) is 48.5 Å². The first kappa shape index (κ1) is 26.4. The second-order valence-corrected chi connectivity index (χ2v) is 10.7. The SMILES string of the molecule is COC(=O)C1c2ccc(OCCn3ccnc3)cc2CCN1S(=O)(=O)c1ccc(Oc2ccc(F)cc2)cc1. The lowest BCUT2D eigenvalue weighted by Crippen LogP contribution is -2.43. The number of fused-ring (bicyclic) bond motifs is 1. The van der Waals surface area contributed by atoms with Crippen LogP contribution in [0, 0.1) is 5.82 Å². The summed E-state index contributed by atoms with van der Waals surface area (Å²) < 4.78 is 60.1. The number of aromatic nitrogens is 2. The normalized spacial score (nSPS) is 15.4. The predicted octanol–water partition coefficient (Wildman–Crippen LogP) is 4.35. The number of benzene rings is 3. The van der Waals surface area contributed by atoms with Crippen molar-refractivity contribution in [2.24, 2.45) is 0 Å². The van der Waals surface area contributed by atoms with E-state index in [0.29, 0.717) is 42.4 Å². The van der Waals surface area contributed by atoms with Crippen LogP contribution in [0.1, 0.15) is 17.2 Å². The summed E-state index contributed by atoms with van der Waals surface area (Å²) in [4.78, 5) is 16.9. The number of sulfonamides is 1. The Labute approximate surface area is 225 Å². The summed E-state index contributed by atoms with van der Waals surface area (Å²) in [6.07, 6.45) is 5.64. The third-order valence-corrected chi connectivity index (χ3v) is 8.26. The van der Waals surface area contributed by atoms with Crippen LogP contribution in [-0.2, 0) is 32.5 Å². The van der Waals surface area contributed by atoms with Gasteiger partial charge in [0.1, 0.15) is 35.7 Å². The second kappa shape index (κ2) is 11.3. The van der Waals surface area contributed by atoms with Crippen molar-refractivity contribution >= 4 is 16.0 Å². The van der Waals surface area contributed by atoms with Crippen molar-refractivity contribution in [3.05, 3.63) is 102 Å². The van der Waals surface area contributed by atoms with E-state index in [1.807, 2.05) is 16.8 Å². The van der Waals surface area contributed by atoms with Gasteiger partial charge in [-0.15, -0.1) is 0 Å². The van der Waals surface area contributed by atoms with Gasteiger partial charge < -0.3 is 18.8 Å². The van der Waals surface area contributed by atoms with Gasteiger partial charge in [-0.25, -0.2) is 22.6 Å². The number of halogens is 1. The number of methoxy groups -OCH3 is 1. The fourth-order valence-electron chi connectivity index (χ4n) is 4.43. The van der Waals surface area contributed by atoms with Crippen LogP contribution in [0.2, 0.25) is 0 Å². The molecule has 3 aromatic carbocycles. The van der Waals surface area contributed by atoms with E-state index in [0.717, 1.165) is 9.87 Å². The maximum absolute atomic E-state index is 13.7. The number of carbonyl (C=O) groups is 1. The molecule has 0 fully saturated rings. The maximum atomic E-state index is 13.7. The molecule has 1 aromatic heterocycles. The standard InChI is InChI=1S/C28H26FN3O6S/c1-36-28(33)27-26-11-8-24(37-17-16-31-15-13-30-19-31)18-20(26)12-14-32(27)39(34,35)25-9-6-23(7-10-25)38-22-4-2-21(29)3-5-22/h2-11,13,15,18-19,27H,12,14,16-17H2,1H3. The molecule has 4 aromatic rings. The van der Waals surface area contributed by atoms with Crippen molar-refractivity contribution in [1.29, 1.82) is 0 Å². The summed E-state index contributed by atoms with van der Waals surface area (Å²) in [6.45, 7) is 1.14. The van der Waals surface area contributed by atoms with Gasteiger partial charge in [-0.2, -0.15) is 4.31 Å². The molecule has 11 heteroatoms. The van der Waals surface area contributed by atoms with E-state index in [1.165, 1.54) is 55.6 Å². The van der Waals surface area contributed by atoms with Crippen molar-refractivity contribution in [3.8, 4) is 17.2 Å². The molecule has 0 radical (unpaired) electrons. The Kier molecular flexibility index (Phi) is 7.62. The number of carbonyl (C=O) groups excluding carboxylic acids is 1. The molecule has 1 unspecified atom stereocenters. The van der Waals surface area contributed by atoms with Crippen LogP contribution < -0.4 is 9.47 Å². The summed E-state index contributed by atoms with van der Waals surface area (Å²) in [5.74, 6) is 0.363. The number of ether oxygens (including phenoxy) is 3. The molecule has 1 atom stereocenters. The first-order valence-electron chi connectivity index (χ1n) is 12.2. The van der Waals surface area contributed by atoms with E-state index in [9.17, 15) is 17.6 Å². The Hall–Kier alpha value is -4.22. The highest BCUT2D eigenvalue weighted by Crippen LogP contribution is 2.37. The van der Waals surface area contributed by atoms with E-state index < -0.39 is 22.0 Å². The van der Waals surface area contributed by atoms with Crippen LogP contribution in [0.25, 0.3) is 0 Å². The molecule has 39 heavy (non-hydrogen) atoms. The van der Waals surface area contributed by atoms with E-state index in [1.54, 1.807) is 24.7 Å². The van der Waals surface area contributed by atoms with Crippen LogP contribution in [0.15, 0.2) is 90.3 Å². The highest BCUT2D eigenvalue weighted by atomic mass is 32.2. The van der Waals surface area contributed by atoms with Crippen LogP contribution >= 0.6 is 0 Å². The molecule has 0 N–H and O–H groups in total. The molecule has 2 heterocycles. The third-order valence-electron chi connectivity index (χ3n) is 6.38. The Morgan fingerprint density at radius 2 is 1.72 bits per heavy atom. The average Bonchev–Trinajstić information content (AvgIpc) is 3.47. The lowest BCUT2D eigenvalue weighted by molar-refractivity contribution is -0.145. The minimum Gasteiger partial charge on any atom is -0.492 e. The summed E-state index contributed by atoms with van der Waals surface area (Å²) >= 11 is 0. The number of imidazole rings is 1. The molecule has 202 valence electrons. The molecule has 0 spiro atoms. The fourth-order valence-corrected chi connectivity index (χ4v) is 5.99. The lowest BCUT2D eigenvalue weighted by atomic mass is 9.94. The zero-order valence-electron chi connectivity index (χ0n) is 21.1. The molecular formula is C28H26FN3O6S. The van der Waals surface area contributed by atoms with E-state index in [-0.39, 0.29) is 17.3 Å². The zero-order chi connectivity index (χ0) is 27.4. The summed E-state index contributed by atoms with van der Waals surface area (Å²) in [6, 6.07) is 15.5. The molecule has 1 aliphatic heterocycles. The van der Waals surface area contributed by atoms with Gasteiger partial charge in [0.15, 0.2) is 0 Å². The quantitative estimate of drug-likeness (QED) is 0.285. The average molecular weight is 552 g/mol. The molecule has 5 rings (SSSR count). The molecule has 0 aliphatic carbocycles. The van der Waals surface area contributed by atoms with Crippen LogP contribution in [0.5, 0.6) is 17.2 Å². The Balaban J connectivity index is 1.34. The van der Waals surface area contributed by atoms with Crippen LogP contribution in [0.3, 0.4) is 0 Å². The Bertz CT molecular complexity index is 1540. The second-order valence-electron chi connectivity index (χ2n) is 8.83. The summed E-state index contributed by atoms with van der Waals surface area (Å²) in [7, 11) is -2.83. The maximum Gasteiger partial charge on any atom is 0.328 e. The van der Waals surface area contributed by atoms with E-state index in [2.05, 4.69) is 4.98 Å². The van der Waals surface area contributed by atoms with Crippen molar-refractivity contribution in [2.75, 3.05) is 20.3 Å². The van der Waals surface area contributed by atoms with E-state index in [4.69, 9.17) is 14.2 Å². The van der Waals surface area contributed by atoms with Crippen molar-refractivity contribution in [2.45, 2.75) is 23.9 Å². The van der Waals surface area contributed by atoms with Gasteiger partial charge in [0.25, 0.3) is 0 Å². The molecule has 0 saturated heterocycles. The van der Waals surface area contributed by atoms with Gasteiger partial charge in [0.05, 0.1) is 24.9 Å². The highest BCUT2D eigenvalue weighted by Gasteiger charge is 2.41. The first-order valence-corrected chi connectivity index (χ1v) is 13.6. The van der Waals surface area contributed by atoms with Gasteiger partial charge in [0.2, 0.25) is 10.0 Å². The van der Waals surface area contributed by atoms with Crippen molar-refractivity contribution in [3.63, 3.8) is 0 Å². The molecule has 1 aliphatic rings. The van der Waals surface area contributed by atoms with Crippen molar-refractivity contribution in [1.82, 2.24) is 13.9 Å². The van der Waals surface area contributed by atoms with Gasteiger partial charge >= 0.3 is 5.97 Å². The van der Waals surface area contributed by atoms with Gasteiger partial charge in [-0.3, -0.25) is 0 Å². The Morgan fingerprint density at radius 3 is 2.38 bits per heavy atom. The Morgan fingerprint density at radius 1 is 1.03 bits per heavy atom. The molecule has 0 amide bonds. The summed E-state index contributed by atoms with van der Waals surface area (Å²) in [5.41, 5.74) is 1.37. The van der Waals surface area contributed by atoms with Crippen molar-refractivity contribution < 1.29 is 31.8 Å². The number of nitrogens with zero attached hydrogens (tertiary/aromatic N) is 3. The fraction of sp³-hybridized carbons (Fsp3) is 0.214. The molecule has 0 saturated carbocycles. The molecule has 9 nitrogen and oxygen atoms in total.